The first-order valence-electron chi connectivity index (χ1n) is 9.92. The summed E-state index contributed by atoms with van der Waals surface area (Å²) in [6.45, 7) is 2.86. The summed E-state index contributed by atoms with van der Waals surface area (Å²) in [5.41, 5.74) is 2.40. The standard InChI is InChI=1S/C23H23NO5/c1-26-16-6-4-15(5-7-16)11-21-22(25)18-8-9-20-19(23(18)29-21)13-24(14-28-20)12-17-3-2-10-27-17/h4-9,11,17H,2-3,10,12-14H2,1H3/t17-/m0/s1. The van der Waals surface area contributed by atoms with E-state index in [1.807, 2.05) is 30.3 Å². The zero-order valence-corrected chi connectivity index (χ0v) is 16.3. The molecule has 3 heterocycles. The molecule has 5 rings (SSSR count). The number of fused-ring (bicyclic) bond motifs is 3. The van der Waals surface area contributed by atoms with Gasteiger partial charge in [0.15, 0.2) is 5.76 Å². The number of carbonyl (C=O) groups excluding carboxylic acids is 1. The first-order chi connectivity index (χ1) is 14.2. The molecule has 2 aromatic rings. The van der Waals surface area contributed by atoms with Crippen LogP contribution < -0.4 is 14.2 Å². The molecule has 1 saturated heterocycles. The van der Waals surface area contributed by atoms with E-state index in [1.165, 1.54) is 0 Å². The molecule has 6 heteroatoms. The fourth-order valence-electron chi connectivity index (χ4n) is 4.05. The molecular formula is C23H23NO5. The van der Waals surface area contributed by atoms with Crippen LogP contribution in [0.25, 0.3) is 6.08 Å². The van der Waals surface area contributed by atoms with Gasteiger partial charge < -0.3 is 18.9 Å². The molecule has 2 aromatic carbocycles. The van der Waals surface area contributed by atoms with Crippen LogP contribution in [-0.2, 0) is 11.3 Å². The fourth-order valence-corrected chi connectivity index (χ4v) is 4.05. The van der Waals surface area contributed by atoms with Crippen molar-refractivity contribution in [3.63, 3.8) is 0 Å². The Hall–Kier alpha value is -2.83. The lowest BCUT2D eigenvalue weighted by Crippen LogP contribution is -2.37. The van der Waals surface area contributed by atoms with Crippen molar-refractivity contribution >= 4 is 11.9 Å². The molecule has 29 heavy (non-hydrogen) atoms. The van der Waals surface area contributed by atoms with Gasteiger partial charge in [0.1, 0.15) is 24.0 Å². The van der Waals surface area contributed by atoms with Crippen LogP contribution in [0.3, 0.4) is 0 Å². The lowest BCUT2D eigenvalue weighted by Gasteiger charge is -2.31. The van der Waals surface area contributed by atoms with Crippen molar-refractivity contribution in [2.24, 2.45) is 0 Å². The van der Waals surface area contributed by atoms with Crippen molar-refractivity contribution in [3.05, 3.63) is 58.8 Å². The third kappa shape index (κ3) is 3.50. The highest BCUT2D eigenvalue weighted by Crippen LogP contribution is 2.42. The molecule has 0 aliphatic carbocycles. The second-order valence-corrected chi connectivity index (χ2v) is 7.55. The molecule has 3 aliphatic rings. The Kier molecular flexibility index (Phi) is 4.73. The number of rotatable bonds is 4. The molecule has 0 saturated carbocycles. The highest BCUT2D eigenvalue weighted by atomic mass is 16.5. The topological polar surface area (TPSA) is 57.2 Å². The molecule has 0 aromatic heterocycles. The van der Waals surface area contributed by atoms with Gasteiger partial charge in [0.2, 0.25) is 5.78 Å². The number of benzene rings is 2. The van der Waals surface area contributed by atoms with E-state index in [0.29, 0.717) is 30.3 Å². The van der Waals surface area contributed by atoms with Crippen LogP contribution in [-0.4, -0.2) is 43.8 Å². The summed E-state index contributed by atoms with van der Waals surface area (Å²) in [6, 6.07) is 11.2. The van der Waals surface area contributed by atoms with E-state index >= 15 is 0 Å². The number of Topliss-reactive ketones (excluding diaryl/α,β-unsaturated/α-hetero) is 1. The summed E-state index contributed by atoms with van der Waals surface area (Å²) in [7, 11) is 1.63. The van der Waals surface area contributed by atoms with Gasteiger partial charge in [-0.1, -0.05) is 12.1 Å². The minimum absolute atomic E-state index is 0.102. The van der Waals surface area contributed by atoms with E-state index in [2.05, 4.69) is 4.90 Å². The van der Waals surface area contributed by atoms with Gasteiger partial charge in [-0.2, -0.15) is 0 Å². The van der Waals surface area contributed by atoms with Crippen LogP contribution in [0.2, 0.25) is 0 Å². The molecule has 6 nitrogen and oxygen atoms in total. The molecule has 0 amide bonds. The minimum atomic E-state index is -0.102. The quantitative estimate of drug-likeness (QED) is 0.740. The van der Waals surface area contributed by atoms with Crippen molar-refractivity contribution in [1.82, 2.24) is 4.90 Å². The van der Waals surface area contributed by atoms with Crippen molar-refractivity contribution in [3.8, 4) is 17.2 Å². The Morgan fingerprint density at radius 2 is 2.07 bits per heavy atom. The summed E-state index contributed by atoms with van der Waals surface area (Å²) in [5.74, 6) is 2.39. The third-order valence-corrected chi connectivity index (χ3v) is 5.58. The maximum Gasteiger partial charge on any atom is 0.231 e. The molecule has 150 valence electrons. The van der Waals surface area contributed by atoms with Crippen molar-refractivity contribution in [2.45, 2.75) is 25.5 Å². The highest BCUT2D eigenvalue weighted by Gasteiger charge is 2.34. The van der Waals surface area contributed by atoms with E-state index in [4.69, 9.17) is 18.9 Å². The van der Waals surface area contributed by atoms with Gasteiger partial charge in [0, 0.05) is 19.7 Å². The van der Waals surface area contributed by atoms with Crippen LogP contribution >= 0.6 is 0 Å². The van der Waals surface area contributed by atoms with E-state index < -0.39 is 0 Å². The zero-order valence-electron chi connectivity index (χ0n) is 16.3. The predicted molar refractivity (Wildman–Crippen MR) is 107 cm³/mol. The van der Waals surface area contributed by atoms with Crippen LogP contribution in [0.4, 0.5) is 0 Å². The van der Waals surface area contributed by atoms with Crippen molar-refractivity contribution in [2.75, 3.05) is 27.0 Å². The number of allylic oxidation sites excluding steroid dienone is 1. The van der Waals surface area contributed by atoms with Crippen LogP contribution in [0.5, 0.6) is 17.2 Å². The largest absolute Gasteiger partial charge is 0.497 e. The van der Waals surface area contributed by atoms with Crippen LogP contribution in [0.1, 0.15) is 34.3 Å². The van der Waals surface area contributed by atoms with Gasteiger partial charge in [-0.3, -0.25) is 9.69 Å². The number of carbonyl (C=O) groups is 1. The number of ketones is 1. The van der Waals surface area contributed by atoms with Crippen molar-refractivity contribution < 1.29 is 23.7 Å². The number of ether oxygens (including phenoxy) is 4. The molecule has 0 spiro atoms. The lowest BCUT2D eigenvalue weighted by atomic mass is 10.0. The van der Waals surface area contributed by atoms with Gasteiger partial charge in [0.05, 0.1) is 24.3 Å². The predicted octanol–water partition coefficient (Wildman–Crippen LogP) is 3.64. The Bertz CT molecular complexity index is 960. The summed E-state index contributed by atoms with van der Waals surface area (Å²) in [6.07, 6.45) is 4.22. The summed E-state index contributed by atoms with van der Waals surface area (Å²) >= 11 is 0. The lowest BCUT2D eigenvalue weighted by molar-refractivity contribution is 0.0274. The maximum atomic E-state index is 12.9. The molecule has 0 bridgehead atoms. The van der Waals surface area contributed by atoms with Crippen molar-refractivity contribution in [1.29, 1.82) is 0 Å². The van der Waals surface area contributed by atoms with E-state index in [1.54, 1.807) is 19.3 Å². The molecule has 0 radical (unpaired) electrons. The van der Waals surface area contributed by atoms with E-state index in [9.17, 15) is 4.79 Å². The van der Waals surface area contributed by atoms with Crippen LogP contribution in [0.15, 0.2) is 42.2 Å². The Labute approximate surface area is 169 Å². The second kappa shape index (κ2) is 7.54. The Balaban J connectivity index is 1.39. The van der Waals surface area contributed by atoms with Gasteiger partial charge in [-0.05, 0) is 48.7 Å². The van der Waals surface area contributed by atoms with E-state index in [-0.39, 0.29) is 11.9 Å². The molecule has 3 aliphatic heterocycles. The first-order valence-corrected chi connectivity index (χ1v) is 9.92. The Morgan fingerprint density at radius 1 is 1.21 bits per heavy atom. The molecule has 0 N–H and O–H groups in total. The SMILES string of the molecule is COc1ccc(C=C2Oc3c(ccc4c3CN(C[C@@H]3CCCO3)CO4)C2=O)cc1. The average Bonchev–Trinajstić information content (AvgIpc) is 3.37. The first kappa shape index (κ1) is 18.2. The summed E-state index contributed by atoms with van der Waals surface area (Å²) in [5, 5.41) is 0. The van der Waals surface area contributed by atoms with Gasteiger partial charge in [0.25, 0.3) is 0 Å². The normalized spacial score (nSPS) is 22.2. The minimum Gasteiger partial charge on any atom is -0.497 e. The number of hydrogen-bond acceptors (Lipinski definition) is 6. The van der Waals surface area contributed by atoms with E-state index in [0.717, 1.165) is 48.6 Å². The molecule has 0 unspecified atom stereocenters. The maximum absolute atomic E-state index is 12.9. The zero-order chi connectivity index (χ0) is 19.8. The average molecular weight is 393 g/mol. The second-order valence-electron chi connectivity index (χ2n) is 7.55. The summed E-state index contributed by atoms with van der Waals surface area (Å²) in [4.78, 5) is 15.1. The summed E-state index contributed by atoms with van der Waals surface area (Å²) < 4.78 is 22.9. The highest BCUT2D eigenvalue weighted by molar-refractivity contribution is 6.15. The Morgan fingerprint density at radius 3 is 2.83 bits per heavy atom. The van der Waals surface area contributed by atoms with Gasteiger partial charge >= 0.3 is 0 Å². The molecule has 1 fully saturated rings. The van der Waals surface area contributed by atoms with Gasteiger partial charge in [-0.15, -0.1) is 0 Å². The van der Waals surface area contributed by atoms with Gasteiger partial charge in [-0.25, -0.2) is 0 Å². The monoisotopic (exact) mass is 393 g/mol. The number of nitrogens with zero attached hydrogens (tertiary/aromatic N) is 1. The molecular weight excluding hydrogens is 370 g/mol. The molecule has 1 atom stereocenters. The number of hydrogen-bond donors (Lipinski definition) is 0. The third-order valence-electron chi connectivity index (χ3n) is 5.58. The fraction of sp³-hybridized carbons (Fsp3) is 0.348. The number of methoxy groups -OCH3 is 1. The smallest absolute Gasteiger partial charge is 0.231 e. The van der Waals surface area contributed by atoms with Crippen LogP contribution in [0, 0.1) is 0 Å².